The number of hydrogen-bond acceptors (Lipinski definition) is 2. The zero-order valence-electron chi connectivity index (χ0n) is 9.94. The lowest BCUT2D eigenvalue weighted by Crippen LogP contribution is -2.41. The first-order chi connectivity index (χ1) is 7.65. The van der Waals surface area contributed by atoms with Crippen LogP contribution in [0.5, 0.6) is 0 Å². The molecule has 3 N–H and O–H groups in total. The van der Waals surface area contributed by atoms with E-state index in [2.05, 4.69) is 5.32 Å². The van der Waals surface area contributed by atoms with Crippen LogP contribution >= 0.6 is 0 Å². The summed E-state index contributed by atoms with van der Waals surface area (Å²) in [4.78, 5) is 11.7. The maximum Gasteiger partial charge on any atom is 0.237 e. The fourth-order valence-corrected chi connectivity index (χ4v) is 1.59. The Morgan fingerprint density at radius 3 is 2.56 bits per heavy atom. The Morgan fingerprint density at radius 1 is 1.38 bits per heavy atom. The second kappa shape index (κ2) is 6.28. The van der Waals surface area contributed by atoms with Crippen LogP contribution in [-0.4, -0.2) is 11.9 Å². The molecule has 0 spiro atoms. The minimum absolute atomic E-state index is 0.0107. The number of hydrogen-bond donors (Lipinski definition) is 2. The largest absolute Gasteiger partial charge is 0.348 e. The summed E-state index contributed by atoms with van der Waals surface area (Å²) in [5.41, 5.74) is 6.84. The van der Waals surface area contributed by atoms with Gasteiger partial charge in [-0.2, -0.15) is 0 Å². The van der Waals surface area contributed by atoms with Gasteiger partial charge in [0.2, 0.25) is 5.91 Å². The smallest absolute Gasteiger partial charge is 0.237 e. The van der Waals surface area contributed by atoms with E-state index >= 15 is 0 Å². The summed E-state index contributed by atoms with van der Waals surface area (Å²) in [5.74, 6) is -0.0711. The molecule has 3 nitrogen and oxygen atoms in total. The van der Waals surface area contributed by atoms with Gasteiger partial charge in [-0.1, -0.05) is 43.7 Å². The van der Waals surface area contributed by atoms with E-state index in [9.17, 15) is 4.79 Å². The molecule has 0 aliphatic rings. The van der Waals surface area contributed by atoms with Crippen LogP contribution in [0.2, 0.25) is 0 Å². The SMILES string of the molecule is CCC[C@H](N)C(=O)N[C@@H](C)c1ccccc1. The van der Waals surface area contributed by atoms with Gasteiger partial charge in [-0.25, -0.2) is 0 Å². The summed E-state index contributed by atoms with van der Waals surface area (Å²) in [7, 11) is 0. The highest BCUT2D eigenvalue weighted by Crippen LogP contribution is 2.11. The number of nitrogens with two attached hydrogens (primary N) is 1. The van der Waals surface area contributed by atoms with E-state index in [1.807, 2.05) is 44.2 Å². The maximum atomic E-state index is 11.7. The molecule has 1 amide bonds. The summed E-state index contributed by atoms with van der Waals surface area (Å²) in [5, 5.41) is 2.92. The number of nitrogens with one attached hydrogen (secondary N) is 1. The fourth-order valence-electron chi connectivity index (χ4n) is 1.59. The molecule has 0 aromatic heterocycles. The molecule has 0 aliphatic carbocycles. The van der Waals surface area contributed by atoms with Crippen molar-refractivity contribution in [3.8, 4) is 0 Å². The maximum absolute atomic E-state index is 11.7. The van der Waals surface area contributed by atoms with E-state index < -0.39 is 6.04 Å². The zero-order valence-corrected chi connectivity index (χ0v) is 9.94. The van der Waals surface area contributed by atoms with E-state index in [1.54, 1.807) is 0 Å². The van der Waals surface area contributed by atoms with E-state index in [-0.39, 0.29) is 11.9 Å². The molecule has 2 atom stereocenters. The van der Waals surface area contributed by atoms with Crippen molar-refractivity contribution in [2.24, 2.45) is 5.73 Å². The van der Waals surface area contributed by atoms with Gasteiger partial charge in [0.15, 0.2) is 0 Å². The highest BCUT2D eigenvalue weighted by atomic mass is 16.2. The quantitative estimate of drug-likeness (QED) is 0.797. The Morgan fingerprint density at radius 2 is 2.00 bits per heavy atom. The standard InChI is InChI=1S/C13H20N2O/c1-3-7-12(14)13(16)15-10(2)11-8-5-4-6-9-11/h4-6,8-10,12H,3,7,14H2,1-2H3,(H,15,16)/t10-,12-/m0/s1. The van der Waals surface area contributed by atoms with Crippen LogP contribution in [0.1, 0.15) is 38.3 Å². The third kappa shape index (κ3) is 3.66. The second-order valence-corrected chi connectivity index (χ2v) is 4.04. The second-order valence-electron chi connectivity index (χ2n) is 4.04. The molecule has 88 valence electrons. The molecule has 0 fully saturated rings. The third-order valence-electron chi connectivity index (χ3n) is 2.59. The van der Waals surface area contributed by atoms with Crippen LogP contribution in [0.4, 0.5) is 0 Å². The van der Waals surface area contributed by atoms with E-state index in [0.717, 1.165) is 18.4 Å². The number of rotatable bonds is 5. The normalized spacial score (nSPS) is 14.2. The van der Waals surface area contributed by atoms with Crippen molar-refractivity contribution in [1.29, 1.82) is 0 Å². The Kier molecular flexibility index (Phi) is 4.99. The molecule has 0 heterocycles. The third-order valence-corrected chi connectivity index (χ3v) is 2.59. The average Bonchev–Trinajstić information content (AvgIpc) is 2.30. The summed E-state index contributed by atoms with van der Waals surface area (Å²) >= 11 is 0. The molecule has 1 aromatic carbocycles. The van der Waals surface area contributed by atoms with E-state index in [1.165, 1.54) is 0 Å². The highest BCUT2D eigenvalue weighted by Gasteiger charge is 2.15. The van der Waals surface area contributed by atoms with Crippen LogP contribution in [0.3, 0.4) is 0 Å². The van der Waals surface area contributed by atoms with Gasteiger partial charge >= 0.3 is 0 Å². The van der Waals surface area contributed by atoms with Gasteiger partial charge in [0.25, 0.3) is 0 Å². The van der Waals surface area contributed by atoms with Crippen molar-refractivity contribution >= 4 is 5.91 Å². The monoisotopic (exact) mass is 220 g/mol. The fraction of sp³-hybridized carbons (Fsp3) is 0.462. The number of carbonyl (C=O) groups is 1. The zero-order chi connectivity index (χ0) is 12.0. The lowest BCUT2D eigenvalue weighted by Gasteiger charge is -2.17. The van der Waals surface area contributed by atoms with Gasteiger partial charge in [0.1, 0.15) is 0 Å². The molecule has 0 bridgehead atoms. The number of carbonyl (C=O) groups excluding carboxylic acids is 1. The molecule has 1 aromatic rings. The lowest BCUT2D eigenvalue weighted by molar-refractivity contribution is -0.123. The Balaban J connectivity index is 2.51. The van der Waals surface area contributed by atoms with Gasteiger partial charge in [0, 0.05) is 0 Å². The first kappa shape index (κ1) is 12.7. The van der Waals surface area contributed by atoms with Crippen LogP contribution in [0.15, 0.2) is 30.3 Å². The summed E-state index contributed by atoms with van der Waals surface area (Å²) in [6.45, 7) is 3.99. The van der Waals surface area contributed by atoms with Crippen molar-refractivity contribution in [1.82, 2.24) is 5.32 Å². The van der Waals surface area contributed by atoms with Crippen molar-refractivity contribution in [3.05, 3.63) is 35.9 Å². The number of amides is 1. The minimum Gasteiger partial charge on any atom is -0.348 e. The van der Waals surface area contributed by atoms with Gasteiger partial charge in [0.05, 0.1) is 12.1 Å². The predicted octanol–water partition coefficient (Wildman–Crippen LogP) is 1.99. The van der Waals surface area contributed by atoms with Crippen LogP contribution in [0.25, 0.3) is 0 Å². The molecule has 0 radical (unpaired) electrons. The molecule has 3 heteroatoms. The van der Waals surface area contributed by atoms with Crippen molar-refractivity contribution < 1.29 is 4.79 Å². The van der Waals surface area contributed by atoms with Gasteiger partial charge in [-0.15, -0.1) is 0 Å². The van der Waals surface area contributed by atoms with Gasteiger partial charge in [-0.3, -0.25) is 4.79 Å². The van der Waals surface area contributed by atoms with Crippen molar-refractivity contribution in [3.63, 3.8) is 0 Å². The molecular formula is C13H20N2O. The van der Waals surface area contributed by atoms with Crippen molar-refractivity contribution in [2.75, 3.05) is 0 Å². The van der Waals surface area contributed by atoms with E-state index in [4.69, 9.17) is 5.73 Å². The summed E-state index contributed by atoms with van der Waals surface area (Å²) in [6.07, 6.45) is 1.65. The highest BCUT2D eigenvalue weighted by molar-refractivity contribution is 5.81. The lowest BCUT2D eigenvalue weighted by atomic mass is 10.1. The molecule has 0 saturated heterocycles. The van der Waals surface area contributed by atoms with Crippen molar-refractivity contribution in [2.45, 2.75) is 38.8 Å². The predicted molar refractivity (Wildman–Crippen MR) is 65.9 cm³/mol. The van der Waals surface area contributed by atoms with Gasteiger partial charge in [-0.05, 0) is 18.9 Å². The minimum atomic E-state index is -0.392. The Labute approximate surface area is 97.0 Å². The number of benzene rings is 1. The Bertz CT molecular complexity index is 324. The van der Waals surface area contributed by atoms with Gasteiger partial charge < -0.3 is 11.1 Å². The molecule has 0 saturated carbocycles. The average molecular weight is 220 g/mol. The first-order valence-corrected chi connectivity index (χ1v) is 5.76. The Hall–Kier alpha value is -1.35. The van der Waals surface area contributed by atoms with Crippen LogP contribution in [-0.2, 0) is 4.79 Å². The molecule has 1 rings (SSSR count). The molecule has 0 aliphatic heterocycles. The van der Waals surface area contributed by atoms with Crippen LogP contribution in [0, 0.1) is 0 Å². The molecular weight excluding hydrogens is 200 g/mol. The summed E-state index contributed by atoms with van der Waals surface area (Å²) in [6, 6.07) is 9.49. The molecule has 0 unspecified atom stereocenters. The summed E-state index contributed by atoms with van der Waals surface area (Å²) < 4.78 is 0. The van der Waals surface area contributed by atoms with E-state index in [0.29, 0.717) is 0 Å². The first-order valence-electron chi connectivity index (χ1n) is 5.76. The van der Waals surface area contributed by atoms with Crippen LogP contribution < -0.4 is 11.1 Å². The topological polar surface area (TPSA) is 55.1 Å². The molecule has 16 heavy (non-hydrogen) atoms.